The Morgan fingerprint density at radius 2 is 1.78 bits per heavy atom. The fourth-order valence-corrected chi connectivity index (χ4v) is 1.67. The largest absolute Gasteiger partial charge is 0.748 e. The highest BCUT2D eigenvalue weighted by atomic mass is 32.2. The number of benzene rings is 1. The van der Waals surface area contributed by atoms with Crippen LogP contribution in [0.5, 0.6) is 11.5 Å². The van der Waals surface area contributed by atoms with Crippen molar-refractivity contribution in [3.05, 3.63) is 23.8 Å². The first-order valence-electron chi connectivity index (χ1n) is 4.91. The summed E-state index contributed by atoms with van der Waals surface area (Å²) in [4.78, 5) is 11.4. The fourth-order valence-electron chi connectivity index (χ4n) is 1.20. The Bertz CT molecular complexity index is 515. The maximum atomic E-state index is 11.4. The summed E-state index contributed by atoms with van der Waals surface area (Å²) in [6.07, 6.45) is -0.109. The predicted octanol–water partition coefficient (Wildman–Crippen LogP) is 0.190. The van der Waals surface area contributed by atoms with Gasteiger partial charge in [-0.2, -0.15) is 0 Å². The molecule has 1 aromatic carbocycles. The van der Waals surface area contributed by atoms with Crippen LogP contribution in [-0.4, -0.2) is 41.5 Å². The molecule has 7 nitrogen and oxygen atoms in total. The first-order valence-corrected chi connectivity index (χ1v) is 6.49. The van der Waals surface area contributed by atoms with Gasteiger partial charge in [0.15, 0.2) is 0 Å². The van der Waals surface area contributed by atoms with Gasteiger partial charge in [-0.1, -0.05) is 0 Å². The first kappa shape index (κ1) is 14.3. The lowest BCUT2D eigenvalue weighted by atomic mass is 10.2. The van der Waals surface area contributed by atoms with Gasteiger partial charge in [-0.15, -0.1) is 0 Å². The molecular formula is C10H11O7S-. The molecule has 0 fully saturated rings. The molecule has 0 heterocycles. The summed E-state index contributed by atoms with van der Waals surface area (Å²) in [5, 5.41) is 18.3. The van der Waals surface area contributed by atoms with Crippen molar-refractivity contribution < 1.29 is 32.7 Å². The van der Waals surface area contributed by atoms with Crippen LogP contribution in [0.3, 0.4) is 0 Å². The van der Waals surface area contributed by atoms with E-state index in [1.807, 2.05) is 0 Å². The minimum absolute atomic E-state index is 0.0718. The number of hydrogen-bond donors (Lipinski definition) is 2. The molecule has 0 aliphatic rings. The topological polar surface area (TPSA) is 124 Å². The molecule has 1 rings (SSSR count). The molecule has 0 amide bonds. The molecule has 1 aromatic rings. The second kappa shape index (κ2) is 5.69. The molecule has 0 saturated carbocycles. The smallest absolute Gasteiger partial charge is 0.338 e. The quantitative estimate of drug-likeness (QED) is 0.446. The molecule has 0 spiro atoms. The Balaban J connectivity index is 2.51. The van der Waals surface area contributed by atoms with E-state index in [0.717, 1.165) is 18.2 Å². The molecular weight excluding hydrogens is 264 g/mol. The van der Waals surface area contributed by atoms with Crippen molar-refractivity contribution in [3.8, 4) is 11.5 Å². The summed E-state index contributed by atoms with van der Waals surface area (Å²) in [7, 11) is -4.32. The number of aromatic hydroxyl groups is 2. The fraction of sp³-hybridized carbons (Fsp3) is 0.300. The Hall–Kier alpha value is -1.80. The monoisotopic (exact) mass is 275 g/mol. The predicted molar refractivity (Wildman–Crippen MR) is 59.2 cm³/mol. The number of rotatable bonds is 5. The van der Waals surface area contributed by atoms with Crippen molar-refractivity contribution in [2.45, 2.75) is 6.42 Å². The van der Waals surface area contributed by atoms with Crippen molar-refractivity contribution in [2.75, 3.05) is 12.4 Å². The summed E-state index contributed by atoms with van der Waals surface area (Å²) in [5.74, 6) is -2.05. The standard InChI is InChI=1S/C10H12O7S/c11-8-4-7(5-9(12)6-8)10(13)17-2-1-3-18(14,15)16/h4-6,11-12H,1-3H2,(H,14,15,16)/p-1. The summed E-state index contributed by atoms with van der Waals surface area (Å²) in [5.41, 5.74) is -0.0718. The van der Waals surface area contributed by atoms with E-state index in [1.165, 1.54) is 0 Å². The number of ether oxygens (including phenoxy) is 1. The Morgan fingerprint density at radius 1 is 1.22 bits per heavy atom. The van der Waals surface area contributed by atoms with E-state index in [4.69, 9.17) is 10.2 Å². The van der Waals surface area contributed by atoms with Crippen LogP contribution in [0.4, 0.5) is 0 Å². The minimum atomic E-state index is -4.32. The SMILES string of the molecule is O=C(OCCCS(=O)(=O)[O-])c1cc(O)cc(O)c1. The normalized spacial score (nSPS) is 11.2. The van der Waals surface area contributed by atoms with Crippen LogP contribution in [0, 0.1) is 0 Å². The lowest BCUT2D eigenvalue weighted by Gasteiger charge is -2.07. The second-order valence-corrected chi connectivity index (χ2v) is 5.01. The zero-order valence-corrected chi connectivity index (χ0v) is 10.0. The molecule has 18 heavy (non-hydrogen) atoms. The molecule has 0 aromatic heterocycles. The van der Waals surface area contributed by atoms with Crippen LogP contribution < -0.4 is 0 Å². The average Bonchev–Trinajstić information content (AvgIpc) is 2.21. The van der Waals surface area contributed by atoms with Gasteiger partial charge in [0, 0.05) is 11.8 Å². The van der Waals surface area contributed by atoms with Gasteiger partial charge in [-0.25, -0.2) is 13.2 Å². The van der Waals surface area contributed by atoms with E-state index in [-0.39, 0.29) is 30.1 Å². The van der Waals surface area contributed by atoms with E-state index >= 15 is 0 Å². The van der Waals surface area contributed by atoms with Crippen LogP contribution in [0.25, 0.3) is 0 Å². The zero-order valence-electron chi connectivity index (χ0n) is 9.20. The average molecular weight is 275 g/mol. The molecule has 0 aliphatic heterocycles. The minimum Gasteiger partial charge on any atom is -0.748 e. The highest BCUT2D eigenvalue weighted by Gasteiger charge is 2.10. The van der Waals surface area contributed by atoms with E-state index in [1.54, 1.807) is 0 Å². The first-order chi connectivity index (χ1) is 8.28. The van der Waals surface area contributed by atoms with Crippen molar-refractivity contribution in [3.63, 3.8) is 0 Å². The van der Waals surface area contributed by atoms with Gasteiger partial charge in [-0.3, -0.25) is 0 Å². The van der Waals surface area contributed by atoms with Crippen molar-refractivity contribution in [1.29, 1.82) is 0 Å². The molecule has 0 atom stereocenters. The van der Waals surface area contributed by atoms with Crippen molar-refractivity contribution >= 4 is 16.1 Å². The lowest BCUT2D eigenvalue weighted by Crippen LogP contribution is -2.11. The van der Waals surface area contributed by atoms with Gasteiger partial charge in [0.25, 0.3) is 0 Å². The van der Waals surface area contributed by atoms with Crippen LogP contribution in [0.2, 0.25) is 0 Å². The van der Waals surface area contributed by atoms with Gasteiger partial charge >= 0.3 is 5.97 Å². The molecule has 0 saturated heterocycles. The number of esters is 1. The third-order valence-electron chi connectivity index (χ3n) is 1.91. The highest BCUT2D eigenvalue weighted by molar-refractivity contribution is 7.85. The number of carbonyl (C=O) groups excluding carboxylic acids is 1. The number of hydrogen-bond acceptors (Lipinski definition) is 7. The molecule has 0 bridgehead atoms. The summed E-state index contributed by atoms with van der Waals surface area (Å²) >= 11 is 0. The van der Waals surface area contributed by atoms with E-state index in [2.05, 4.69) is 4.74 Å². The lowest BCUT2D eigenvalue weighted by molar-refractivity contribution is 0.0504. The molecule has 0 aliphatic carbocycles. The Morgan fingerprint density at radius 3 is 2.28 bits per heavy atom. The number of carbonyl (C=O) groups is 1. The molecule has 0 unspecified atom stereocenters. The zero-order chi connectivity index (χ0) is 13.8. The third-order valence-corrected chi connectivity index (χ3v) is 2.70. The number of phenols is 2. The summed E-state index contributed by atoms with van der Waals surface area (Å²) in [6.45, 7) is -0.239. The molecule has 8 heteroatoms. The van der Waals surface area contributed by atoms with Gasteiger partial charge in [0.05, 0.1) is 22.3 Å². The highest BCUT2D eigenvalue weighted by Crippen LogP contribution is 2.20. The summed E-state index contributed by atoms with van der Waals surface area (Å²) < 4.78 is 35.5. The van der Waals surface area contributed by atoms with E-state index < -0.39 is 21.8 Å². The maximum absolute atomic E-state index is 11.4. The van der Waals surface area contributed by atoms with E-state index in [0.29, 0.717) is 0 Å². The van der Waals surface area contributed by atoms with Gasteiger partial charge in [0.2, 0.25) is 0 Å². The second-order valence-electron chi connectivity index (χ2n) is 3.49. The van der Waals surface area contributed by atoms with Crippen molar-refractivity contribution in [1.82, 2.24) is 0 Å². The Kier molecular flexibility index (Phi) is 4.51. The summed E-state index contributed by atoms with van der Waals surface area (Å²) in [6, 6.07) is 3.22. The van der Waals surface area contributed by atoms with E-state index in [9.17, 15) is 17.8 Å². The van der Waals surface area contributed by atoms with Crippen molar-refractivity contribution in [2.24, 2.45) is 0 Å². The van der Waals surface area contributed by atoms with Gasteiger partial charge in [-0.05, 0) is 18.6 Å². The molecule has 2 N–H and O–H groups in total. The molecule has 0 radical (unpaired) electrons. The Labute approximate surface area is 103 Å². The van der Waals surface area contributed by atoms with Gasteiger partial charge < -0.3 is 19.5 Å². The van der Waals surface area contributed by atoms with Gasteiger partial charge in [0.1, 0.15) is 11.5 Å². The molecule has 100 valence electrons. The van der Waals surface area contributed by atoms with Crippen LogP contribution in [0.15, 0.2) is 18.2 Å². The van der Waals surface area contributed by atoms with Crippen LogP contribution >= 0.6 is 0 Å². The van der Waals surface area contributed by atoms with Crippen LogP contribution in [-0.2, 0) is 14.9 Å². The maximum Gasteiger partial charge on any atom is 0.338 e. The third kappa shape index (κ3) is 5.02. The number of phenolic OH excluding ortho intramolecular Hbond substituents is 2. The van der Waals surface area contributed by atoms with Crippen LogP contribution in [0.1, 0.15) is 16.8 Å².